The molecule has 0 bridgehead atoms. The average molecular weight is 362 g/mol. The third-order valence-electron chi connectivity index (χ3n) is 3.88. The lowest BCUT2D eigenvalue weighted by atomic mass is 9.95. The normalized spacial score (nSPS) is 10.9. The van der Waals surface area contributed by atoms with E-state index in [4.69, 9.17) is 4.74 Å². The Kier molecular flexibility index (Phi) is 4.72. The number of carbonyl (C=O) groups is 1. The molecule has 3 rings (SSSR count). The van der Waals surface area contributed by atoms with Crippen molar-refractivity contribution in [2.75, 3.05) is 13.4 Å². The van der Waals surface area contributed by atoms with Gasteiger partial charge in [-0.3, -0.25) is 0 Å². The number of esters is 1. The van der Waals surface area contributed by atoms with E-state index < -0.39 is 23.4 Å². The monoisotopic (exact) mass is 362 g/mol. The molecule has 0 aromatic heterocycles. The zero-order chi connectivity index (χ0) is 18.1. The fourth-order valence-corrected chi connectivity index (χ4v) is 3.37. The second-order valence-electron chi connectivity index (χ2n) is 5.31. The number of hydrogen-bond donors (Lipinski definition) is 0. The van der Waals surface area contributed by atoms with E-state index in [1.54, 1.807) is 30.5 Å². The maximum absolute atomic E-state index is 14.4. The molecule has 0 aliphatic carbocycles. The van der Waals surface area contributed by atoms with E-state index in [1.165, 1.54) is 24.9 Å². The van der Waals surface area contributed by atoms with Crippen LogP contribution in [-0.2, 0) is 4.74 Å². The Bertz CT molecular complexity index is 963. The molecule has 3 aromatic rings. The van der Waals surface area contributed by atoms with E-state index >= 15 is 0 Å². The molecular formula is C19H13F3O2S. The van der Waals surface area contributed by atoms with E-state index in [2.05, 4.69) is 0 Å². The van der Waals surface area contributed by atoms with Crippen LogP contribution in [0.15, 0.2) is 47.4 Å². The van der Waals surface area contributed by atoms with Crippen molar-refractivity contribution in [1.82, 2.24) is 0 Å². The molecule has 25 heavy (non-hydrogen) atoms. The first-order valence-corrected chi connectivity index (χ1v) is 8.52. The Morgan fingerprint density at radius 2 is 1.60 bits per heavy atom. The van der Waals surface area contributed by atoms with Crippen LogP contribution in [0.5, 0.6) is 0 Å². The third-order valence-corrected chi connectivity index (χ3v) is 4.66. The molecule has 128 valence electrons. The van der Waals surface area contributed by atoms with Crippen molar-refractivity contribution < 1.29 is 22.7 Å². The molecule has 0 saturated heterocycles. The minimum atomic E-state index is -0.997. The number of thioether (sulfide) groups is 1. The van der Waals surface area contributed by atoms with Crippen molar-refractivity contribution in [1.29, 1.82) is 0 Å². The number of ether oxygens (including phenoxy) is 1. The van der Waals surface area contributed by atoms with E-state index in [-0.39, 0.29) is 16.7 Å². The number of rotatable bonds is 3. The Morgan fingerprint density at radius 3 is 2.20 bits per heavy atom. The highest BCUT2D eigenvalue weighted by Crippen LogP contribution is 2.40. The predicted molar refractivity (Wildman–Crippen MR) is 92.4 cm³/mol. The second kappa shape index (κ2) is 6.80. The van der Waals surface area contributed by atoms with Crippen LogP contribution in [0.1, 0.15) is 10.4 Å². The van der Waals surface area contributed by atoms with Gasteiger partial charge < -0.3 is 4.74 Å². The first-order valence-electron chi connectivity index (χ1n) is 7.30. The summed E-state index contributed by atoms with van der Waals surface area (Å²) in [5.41, 5.74) is 0.224. The van der Waals surface area contributed by atoms with Crippen molar-refractivity contribution >= 4 is 28.5 Å². The summed E-state index contributed by atoms with van der Waals surface area (Å²) >= 11 is 1.30. The maximum atomic E-state index is 14.4. The molecule has 0 heterocycles. The molecule has 3 aromatic carbocycles. The van der Waals surface area contributed by atoms with Gasteiger partial charge in [0.05, 0.1) is 18.2 Å². The van der Waals surface area contributed by atoms with Gasteiger partial charge in [0.25, 0.3) is 0 Å². The largest absolute Gasteiger partial charge is 0.465 e. The van der Waals surface area contributed by atoms with Gasteiger partial charge in [-0.1, -0.05) is 12.1 Å². The lowest BCUT2D eigenvalue weighted by Crippen LogP contribution is -2.01. The summed E-state index contributed by atoms with van der Waals surface area (Å²) < 4.78 is 46.8. The Hall–Kier alpha value is -2.47. The smallest absolute Gasteiger partial charge is 0.337 e. The quantitative estimate of drug-likeness (QED) is 0.459. The van der Waals surface area contributed by atoms with Crippen molar-refractivity contribution in [3.8, 4) is 11.1 Å². The average Bonchev–Trinajstić information content (AvgIpc) is 2.59. The standard InChI is InChI=1S/C19H13F3O2S/c1-24-19(23)11-4-3-10-5-6-16(25-2)17(13(10)7-11)18-14(21)8-12(20)9-15(18)22/h3-9H,1-2H3. The molecule has 0 radical (unpaired) electrons. The third kappa shape index (κ3) is 3.09. The summed E-state index contributed by atoms with van der Waals surface area (Å²) in [6.45, 7) is 0. The van der Waals surface area contributed by atoms with E-state index in [0.29, 0.717) is 27.8 Å². The molecular weight excluding hydrogens is 349 g/mol. The van der Waals surface area contributed by atoms with Crippen LogP contribution < -0.4 is 0 Å². The number of hydrogen-bond acceptors (Lipinski definition) is 3. The molecule has 0 atom stereocenters. The molecule has 0 unspecified atom stereocenters. The minimum absolute atomic E-state index is 0.262. The lowest BCUT2D eigenvalue weighted by Gasteiger charge is -2.14. The first-order chi connectivity index (χ1) is 12.0. The number of halogens is 3. The molecule has 2 nitrogen and oxygen atoms in total. The SMILES string of the molecule is COC(=O)c1ccc2ccc(SC)c(-c3c(F)cc(F)cc3F)c2c1. The van der Waals surface area contributed by atoms with Crippen molar-refractivity contribution in [2.45, 2.75) is 4.90 Å². The predicted octanol–water partition coefficient (Wildman–Crippen LogP) is 5.43. The van der Waals surface area contributed by atoms with Gasteiger partial charge in [0.15, 0.2) is 0 Å². The summed E-state index contributed by atoms with van der Waals surface area (Å²) in [6, 6.07) is 9.60. The number of fused-ring (bicyclic) bond motifs is 1. The van der Waals surface area contributed by atoms with Crippen LogP contribution in [0.25, 0.3) is 21.9 Å². The van der Waals surface area contributed by atoms with Gasteiger partial charge in [-0.05, 0) is 35.2 Å². The van der Waals surface area contributed by atoms with Gasteiger partial charge >= 0.3 is 5.97 Å². The van der Waals surface area contributed by atoms with Crippen LogP contribution in [0, 0.1) is 17.5 Å². The van der Waals surface area contributed by atoms with Crippen molar-refractivity contribution in [3.05, 3.63) is 65.5 Å². The Morgan fingerprint density at radius 1 is 0.960 bits per heavy atom. The van der Waals surface area contributed by atoms with E-state index in [0.717, 1.165) is 0 Å². The zero-order valence-corrected chi connectivity index (χ0v) is 14.2. The van der Waals surface area contributed by atoms with Crippen LogP contribution in [-0.4, -0.2) is 19.3 Å². The number of carbonyl (C=O) groups excluding carboxylic acids is 1. The van der Waals surface area contributed by atoms with Gasteiger partial charge in [0.1, 0.15) is 17.5 Å². The first kappa shape index (κ1) is 17.4. The summed E-state index contributed by atoms with van der Waals surface area (Å²) in [6.07, 6.45) is 1.77. The summed E-state index contributed by atoms with van der Waals surface area (Å²) in [7, 11) is 1.26. The highest BCUT2D eigenvalue weighted by molar-refractivity contribution is 7.98. The number of benzene rings is 3. The topological polar surface area (TPSA) is 26.3 Å². The maximum Gasteiger partial charge on any atom is 0.337 e. The van der Waals surface area contributed by atoms with Crippen molar-refractivity contribution in [3.63, 3.8) is 0 Å². The Labute approximate surface area is 146 Å². The minimum Gasteiger partial charge on any atom is -0.465 e. The van der Waals surface area contributed by atoms with Crippen molar-refractivity contribution in [2.24, 2.45) is 0 Å². The molecule has 0 amide bonds. The fraction of sp³-hybridized carbons (Fsp3) is 0.105. The molecule has 6 heteroatoms. The van der Waals surface area contributed by atoms with Gasteiger partial charge in [-0.2, -0.15) is 0 Å². The summed E-state index contributed by atoms with van der Waals surface area (Å²) in [5, 5.41) is 1.18. The summed E-state index contributed by atoms with van der Waals surface area (Å²) in [5.74, 6) is -3.53. The van der Waals surface area contributed by atoms with Gasteiger partial charge in [0, 0.05) is 22.6 Å². The van der Waals surface area contributed by atoms with Crippen LogP contribution in [0.3, 0.4) is 0 Å². The molecule has 0 aliphatic rings. The highest BCUT2D eigenvalue weighted by Gasteiger charge is 2.20. The molecule has 0 aliphatic heterocycles. The Balaban J connectivity index is 2.41. The van der Waals surface area contributed by atoms with Gasteiger partial charge in [-0.25, -0.2) is 18.0 Å². The second-order valence-corrected chi connectivity index (χ2v) is 6.16. The molecule has 0 fully saturated rings. The molecule has 0 saturated carbocycles. The zero-order valence-electron chi connectivity index (χ0n) is 13.4. The van der Waals surface area contributed by atoms with E-state index in [9.17, 15) is 18.0 Å². The highest BCUT2D eigenvalue weighted by atomic mass is 32.2. The molecule has 0 N–H and O–H groups in total. The van der Waals surface area contributed by atoms with Gasteiger partial charge in [0.2, 0.25) is 0 Å². The van der Waals surface area contributed by atoms with Crippen LogP contribution in [0.2, 0.25) is 0 Å². The lowest BCUT2D eigenvalue weighted by molar-refractivity contribution is 0.0601. The van der Waals surface area contributed by atoms with Crippen LogP contribution in [0.4, 0.5) is 13.2 Å². The number of methoxy groups -OCH3 is 1. The summed E-state index contributed by atoms with van der Waals surface area (Å²) in [4.78, 5) is 12.4. The fourth-order valence-electron chi connectivity index (χ4n) is 2.75. The van der Waals surface area contributed by atoms with Crippen LogP contribution >= 0.6 is 11.8 Å². The van der Waals surface area contributed by atoms with Gasteiger partial charge in [-0.15, -0.1) is 11.8 Å². The van der Waals surface area contributed by atoms with E-state index in [1.807, 2.05) is 0 Å². The molecule has 0 spiro atoms.